The first-order chi connectivity index (χ1) is 11.3. The quantitative estimate of drug-likeness (QED) is 0.730. The third-order valence-electron chi connectivity index (χ3n) is 3.57. The molecule has 5 heteroatoms. The van der Waals surface area contributed by atoms with E-state index in [1.807, 2.05) is 59.5 Å². The molecule has 2 aromatic heterocycles. The standard InChI is InChI=1S/C18H19N3O2/c22-18(19-11-10-17-7-4-12-23-17)9-8-15-13-20-21(14-15)16-5-2-1-3-6-16/h1-7,12-14H,8-11H2,(H,19,22). The lowest BCUT2D eigenvalue weighted by Gasteiger charge is -2.03. The van der Waals surface area contributed by atoms with E-state index >= 15 is 0 Å². The number of hydrogen-bond donors (Lipinski definition) is 1. The predicted molar refractivity (Wildman–Crippen MR) is 87.3 cm³/mol. The highest BCUT2D eigenvalue weighted by Gasteiger charge is 2.05. The Morgan fingerprint density at radius 3 is 2.78 bits per heavy atom. The maximum atomic E-state index is 11.9. The first-order valence-corrected chi connectivity index (χ1v) is 7.69. The predicted octanol–water partition coefficient (Wildman–Crippen LogP) is 2.76. The molecule has 5 nitrogen and oxygen atoms in total. The molecule has 0 atom stereocenters. The normalized spacial score (nSPS) is 10.6. The monoisotopic (exact) mass is 309 g/mol. The molecular weight excluding hydrogens is 290 g/mol. The van der Waals surface area contributed by atoms with E-state index < -0.39 is 0 Å². The molecule has 23 heavy (non-hydrogen) atoms. The van der Waals surface area contributed by atoms with Crippen molar-refractivity contribution in [3.05, 3.63) is 72.4 Å². The van der Waals surface area contributed by atoms with Gasteiger partial charge in [0.25, 0.3) is 0 Å². The first-order valence-electron chi connectivity index (χ1n) is 7.69. The molecule has 3 aromatic rings. The Balaban J connectivity index is 1.43. The van der Waals surface area contributed by atoms with Crippen LogP contribution >= 0.6 is 0 Å². The lowest BCUT2D eigenvalue weighted by atomic mass is 10.2. The number of nitrogens with one attached hydrogen (secondary N) is 1. The number of carbonyl (C=O) groups is 1. The summed E-state index contributed by atoms with van der Waals surface area (Å²) in [5.74, 6) is 0.929. The van der Waals surface area contributed by atoms with Crippen LogP contribution in [0.4, 0.5) is 0 Å². The van der Waals surface area contributed by atoms with Crippen LogP contribution in [0.2, 0.25) is 0 Å². The van der Waals surface area contributed by atoms with Gasteiger partial charge in [0.1, 0.15) is 5.76 Å². The van der Waals surface area contributed by atoms with Gasteiger partial charge in [-0.15, -0.1) is 0 Å². The number of furan rings is 1. The zero-order valence-corrected chi connectivity index (χ0v) is 12.8. The van der Waals surface area contributed by atoms with Crippen molar-refractivity contribution >= 4 is 5.91 Å². The molecule has 0 aliphatic heterocycles. The highest BCUT2D eigenvalue weighted by molar-refractivity contribution is 5.76. The lowest BCUT2D eigenvalue weighted by molar-refractivity contribution is -0.121. The molecule has 0 aliphatic carbocycles. The minimum Gasteiger partial charge on any atom is -0.469 e. The summed E-state index contributed by atoms with van der Waals surface area (Å²) in [5, 5.41) is 7.24. The molecule has 0 radical (unpaired) electrons. The minimum absolute atomic E-state index is 0.0454. The number of para-hydroxylation sites is 1. The Bertz CT molecular complexity index is 733. The molecule has 0 spiro atoms. The Kier molecular flexibility index (Phi) is 4.88. The number of hydrogen-bond acceptors (Lipinski definition) is 3. The summed E-state index contributed by atoms with van der Waals surface area (Å²) in [6.45, 7) is 0.593. The minimum atomic E-state index is 0.0454. The number of rotatable bonds is 7. The highest BCUT2D eigenvalue weighted by Crippen LogP contribution is 2.09. The largest absolute Gasteiger partial charge is 0.469 e. The molecule has 1 aromatic carbocycles. The van der Waals surface area contributed by atoms with Gasteiger partial charge in [-0.3, -0.25) is 4.79 Å². The van der Waals surface area contributed by atoms with E-state index in [4.69, 9.17) is 4.42 Å². The molecule has 1 N–H and O–H groups in total. The Labute approximate surface area is 134 Å². The van der Waals surface area contributed by atoms with Crippen LogP contribution < -0.4 is 5.32 Å². The van der Waals surface area contributed by atoms with Gasteiger partial charge in [0.15, 0.2) is 0 Å². The van der Waals surface area contributed by atoms with Gasteiger partial charge in [-0.1, -0.05) is 18.2 Å². The van der Waals surface area contributed by atoms with Gasteiger partial charge in [0.2, 0.25) is 5.91 Å². The molecule has 1 amide bonds. The Morgan fingerprint density at radius 1 is 1.13 bits per heavy atom. The smallest absolute Gasteiger partial charge is 0.220 e. The van der Waals surface area contributed by atoms with Crippen LogP contribution in [0.3, 0.4) is 0 Å². The van der Waals surface area contributed by atoms with Crippen LogP contribution in [0.15, 0.2) is 65.5 Å². The fourth-order valence-electron chi connectivity index (χ4n) is 2.34. The summed E-state index contributed by atoms with van der Waals surface area (Å²) in [6, 6.07) is 13.7. The van der Waals surface area contributed by atoms with E-state index in [1.165, 1.54) is 0 Å². The molecule has 0 fully saturated rings. The van der Waals surface area contributed by atoms with Crippen LogP contribution in [0.25, 0.3) is 5.69 Å². The highest BCUT2D eigenvalue weighted by atomic mass is 16.3. The van der Waals surface area contributed by atoms with E-state index in [1.54, 1.807) is 6.26 Å². The van der Waals surface area contributed by atoms with Crippen LogP contribution in [0.1, 0.15) is 17.7 Å². The molecule has 0 unspecified atom stereocenters. The van der Waals surface area contributed by atoms with E-state index in [2.05, 4.69) is 10.4 Å². The summed E-state index contributed by atoms with van der Waals surface area (Å²) < 4.78 is 7.05. The molecule has 0 saturated carbocycles. The average Bonchev–Trinajstić information content (AvgIpc) is 3.25. The fourth-order valence-corrected chi connectivity index (χ4v) is 2.34. The van der Waals surface area contributed by atoms with Crippen molar-refractivity contribution in [3.8, 4) is 5.69 Å². The van der Waals surface area contributed by atoms with Crippen molar-refractivity contribution < 1.29 is 9.21 Å². The van der Waals surface area contributed by atoms with Crippen molar-refractivity contribution in [1.29, 1.82) is 0 Å². The second-order valence-corrected chi connectivity index (χ2v) is 5.31. The zero-order chi connectivity index (χ0) is 15.9. The van der Waals surface area contributed by atoms with Crippen LogP contribution in [0.5, 0.6) is 0 Å². The van der Waals surface area contributed by atoms with Crippen molar-refractivity contribution in [2.75, 3.05) is 6.54 Å². The molecule has 2 heterocycles. The van der Waals surface area contributed by atoms with Gasteiger partial charge in [0.05, 0.1) is 18.1 Å². The van der Waals surface area contributed by atoms with E-state index in [9.17, 15) is 4.79 Å². The van der Waals surface area contributed by atoms with Crippen molar-refractivity contribution in [2.45, 2.75) is 19.3 Å². The number of nitrogens with zero attached hydrogens (tertiary/aromatic N) is 2. The van der Waals surface area contributed by atoms with Crippen molar-refractivity contribution in [3.63, 3.8) is 0 Å². The average molecular weight is 309 g/mol. The molecule has 0 aliphatic rings. The maximum absolute atomic E-state index is 11.9. The molecule has 0 bridgehead atoms. The summed E-state index contributed by atoms with van der Waals surface area (Å²) in [6.07, 6.45) is 7.26. The van der Waals surface area contributed by atoms with E-state index in [0.29, 0.717) is 25.8 Å². The number of aryl methyl sites for hydroxylation is 1. The van der Waals surface area contributed by atoms with Crippen LogP contribution in [0, 0.1) is 0 Å². The van der Waals surface area contributed by atoms with Gasteiger partial charge in [-0.2, -0.15) is 5.10 Å². The van der Waals surface area contributed by atoms with E-state index in [0.717, 1.165) is 17.0 Å². The van der Waals surface area contributed by atoms with Gasteiger partial charge < -0.3 is 9.73 Å². The van der Waals surface area contributed by atoms with Crippen LogP contribution in [-0.4, -0.2) is 22.2 Å². The molecule has 118 valence electrons. The molecule has 0 saturated heterocycles. The molecular formula is C18H19N3O2. The van der Waals surface area contributed by atoms with Gasteiger partial charge >= 0.3 is 0 Å². The second kappa shape index (κ2) is 7.45. The van der Waals surface area contributed by atoms with Crippen molar-refractivity contribution in [1.82, 2.24) is 15.1 Å². The van der Waals surface area contributed by atoms with Crippen molar-refractivity contribution in [2.24, 2.45) is 0 Å². The SMILES string of the molecule is O=C(CCc1cnn(-c2ccccc2)c1)NCCc1ccco1. The summed E-state index contributed by atoms with van der Waals surface area (Å²) in [5.41, 5.74) is 2.07. The van der Waals surface area contributed by atoms with Gasteiger partial charge in [0, 0.05) is 25.6 Å². The number of carbonyl (C=O) groups excluding carboxylic acids is 1. The van der Waals surface area contributed by atoms with E-state index in [-0.39, 0.29) is 5.91 Å². The molecule has 3 rings (SSSR count). The topological polar surface area (TPSA) is 60.1 Å². The number of amides is 1. The summed E-state index contributed by atoms with van der Waals surface area (Å²) >= 11 is 0. The lowest BCUT2D eigenvalue weighted by Crippen LogP contribution is -2.25. The number of benzene rings is 1. The zero-order valence-electron chi connectivity index (χ0n) is 12.8. The van der Waals surface area contributed by atoms with Gasteiger partial charge in [-0.05, 0) is 36.2 Å². The first kappa shape index (κ1) is 15.1. The summed E-state index contributed by atoms with van der Waals surface area (Å²) in [7, 11) is 0. The Hall–Kier alpha value is -2.82. The van der Waals surface area contributed by atoms with Crippen LogP contribution in [-0.2, 0) is 17.6 Å². The number of aromatic nitrogens is 2. The third-order valence-corrected chi connectivity index (χ3v) is 3.57. The Morgan fingerprint density at radius 2 is 2.00 bits per heavy atom. The summed E-state index contributed by atoms with van der Waals surface area (Å²) in [4.78, 5) is 11.9. The second-order valence-electron chi connectivity index (χ2n) is 5.31. The third kappa shape index (κ3) is 4.32. The fraction of sp³-hybridized carbons (Fsp3) is 0.222. The van der Waals surface area contributed by atoms with Gasteiger partial charge in [-0.25, -0.2) is 4.68 Å². The maximum Gasteiger partial charge on any atom is 0.220 e.